The van der Waals surface area contributed by atoms with Crippen molar-refractivity contribution >= 4 is 11.6 Å². The van der Waals surface area contributed by atoms with Crippen molar-refractivity contribution in [3.05, 3.63) is 58.4 Å². The van der Waals surface area contributed by atoms with E-state index in [1.165, 1.54) is 12.1 Å². The Morgan fingerprint density at radius 1 is 1.05 bits per heavy atom. The molecule has 0 radical (unpaired) electrons. The van der Waals surface area contributed by atoms with E-state index in [-0.39, 0.29) is 5.82 Å². The summed E-state index contributed by atoms with van der Waals surface area (Å²) in [4.78, 5) is 0. The lowest BCUT2D eigenvalue weighted by Gasteiger charge is -2.17. The van der Waals surface area contributed by atoms with Crippen LogP contribution in [0.4, 0.5) is 4.39 Å². The number of fused-ring (bicyclic) bond motifs is 1. The van der Waals surface area contributed by atoms with Gasteiger partial charge in [-0.05, 0) is 29.3 Å². The molecule has 0 amide bonds. The fourth-order valence-electron chi connectivity index (χ4n) is 2.29. The third kappa shape index (κ3) is 2.96. The number of halogens is 2. The summed E-state index contributed by atoms with van der Waals surface area (Å²) in [6.45, 7) is 1.20. The molecule has 0 aromatic heterocycles. The van der Waals surface area contributed by atoms with Gasteiger partial charge in [0, 0.05) is 17.5 Å². The van der Waals surface area contributed by atoms with E-state index < -0.39 is 6.04 Å². The van der Waals surface area contributed by atoms with Gasteiger partial charge in [-0.3, -0.25) is 0 Å². The Kier molecular flexibility index (Phi) is 3.99. The highest BCUT2D eigenvalue weighted by Crippen LogP contribution is 2.38. The van der Waals surface area contributed by atoms with Crippen LogP contribution in [0.15, 0.2) is 36.4 Å². The highest BCUT2D eigenvalue weighted by atomic mass is 35.5. The van der Waals surface area contributed by atoms with Gasteiger partial charge >= 0.3 is 0 Å². The second-order valence-electron chi connectivity index (χ2n) is 4.90. The molecule has 3 rings (SSSR count). The third-order valence-electron chi connectivity index (χ3n) is 3.43. The molecular weight excluding hydrogens is 293 g/mol. The number of nitrogens with two attached hydrogens (primary N) is 1. The van der Waals surface area contributed by atoms with Crippen LogP contribution in [-0.2, 0) is 0 Å². The van der Waals surface area contributed by atoms with E-state index in [4.69, 9.17) is 26.8 Å². The molecular formula is C16H15ClFNO2. The first-order valence-electron chi connectivity index (χ1n) is 6.75. The molecule has 1 aliphatic heterocycles. The maximum Gasteiger partial charge on any atom is 0.162 e. The number of benzene rings is 2. The minimum absolute atomic E-state index is 0.296. The maximum atomic E-state index is 13.0. The van der Waals surface area contributed by atoms with Gasteiger partial charge < -0.3 is 15.2 Å². The maximum absolute atomic E-state index is 13.0. The van der Waals surface area contributed by atoms with Gasteiger partial charge in [-0.25, -0.2) is 4.39 Å². The highest BCUT2D eigenvalue weighted by Gasteiger charge is 2.19. The molecule has 0 aliphatic carbocycles. The van der Waals surface area contributed by atoms with Crippen LogP contribution < -0.4 is 15.2 Å². The van der Waals surface area contributed by atoms with E-state index in [1.807, 2.05) is 0 Å². The van der Waals surface area contributed by atoms with Crippen molar-refractivity contribution in [3.8, 4) is 11.5 Å². The summed E-state index contributed by atoms with van der Waals surface area (Å²) in [5, 5.41) is 0.510. The zero-order chi connectivity index (χ0) is 14.8. The second kappa shape index (κ2) is 5.92. The number of rotatable bonds is 2. The van der Waals surface area contributed by atoms with Crippen LogP contribution in [0.2, 0.25) is 5.02 Å². The quantitative estimate of drug-likeness (QED) is 0.920. The lowest BCUT2D eigenvalue weighted by Crippen LogP contribution is -2.12. The zero-order valence-electron chi connectivity index (χ0n) is 11.3. The van der Waals surface area contributed by atoms with E-state index in [0.29, 0.717) is 29.7 Å². The molecule has 0 bridgehead atoms. The lowest BCUT2D eigenvalue weighted by molar-refractivity contribution is 0.297. The van der Waals surface area contributed by atoms with Gasteiger partial charge in [0.2, 0.25) is 0 Å². The summed E-state index contributed by atoms with van der Waals surface area (Å²) < 4.78 is 24.2. The Hall–Kier alpha value is -1.78. The van der Waals surface area contributed by atoms with Crippen LogP contribution in [0.5, 0.6) is 11.5 Å². The summed E-state index contributed by atoms with van der Waals surface area (Å²) in [5.74, 6) is 0.979. The largest absolute Gasteiger partial charge is 0.490 e. The number of hydrogen-bond donors (Lipinski definition) is 1. The topological polar surface area (TPSA) is 44.5 Å². The predicted molar refractivity (Wildman–Crippen MR) is 79.5 cm³/mol. The minimum atomic E-state index is -0.449. The summed E-state index contributed by atoms with van der Waals surface area (Å²) in [6.07, 6.45) is 0.825. The molecule has 110 valence electrons. The second-order valence-corrected chi connectivity index (χ2v) is 5.31. The van der Waals surface area contributed by atoms with Crippen LogP contribution in [0.1, 0.15) is 23.6 Å². The molecule has 3 nitrogen and oxygen atoms in total. The van der Waals surface area contributed by atoms with Gasteiger partial charge in [-0.1, -0.05) is 23.7 Å². The van der Waals surface area contributed by atoms with E-state index in [9.17, 15) is 4.39 Å². The average molecular weight is 308 g/mol. The molecule has 0 saturated heterocycles. The van der Waals surface area contributed by atoms with Crippen molar-refractivity contribution in [1.29, 1.82) is 0 Å². The van der Waals surface area contributed by atoms with Crippen LogP contribution in [0.25, 0.3) is 0 Å². The predicted octanol–water partition coefficient (Wildman–Crippen LogP) is 3.69. The van der Waals surface area contributed by atoms with Crippen LogP contribution in [0.3, 0.4) is 0 Å². The van der Waals surface area contributed by atoms with E-state index in [0.717, 1.165) is 17.5 Å². The van der Waals surface area contributed by atoms with Crippen molar-refractivity contribution < 1.29 is 13.9 Å². The summed E-state index contributed by atoms with van der Waals surface area (Å²) in [7, 11) is 0. The first-order chi connectivity index (χ1) is 10.1. The smallest absolute Gasteiger partial charge is 0.162 e. The van der Waals surface area contributed by atoms with Gasteiger partial charge in [-0.15, -0.1) is 0 Å². The molecule has 2 N–H and O–H groups in total. The highest BCUT2D eigenvalue weighted by molar-refractivity contribution is 6.31. The molecule has 1 unspecified atom stereocenters. The molecule has 1 atom stereocenters. The van der Waals surface area contributed by atoms with Crippen molar-refractivity contribution in [2.75, 3.05) is 13.2 Å². The fourth-order valence-corrected chi connectivity index (χ4v) is 2.56. The third-order valence-corrected chi connectivity index (χ3v) is 3.76. The fraction of sp³-hybridized carbons (Fsp3) is 0.250. The molecule has 2 aromatic carbocycles. The number of ether oxygens (including phenoxy) is 2. The van der Waals surface area contributed by atoms with Gasteiger partial charge in [0.25, 0.3) is 0 Å². The molecule has 2 aromatic rings. The van der Waals surface area contributed by atoms with E-state index in [2.05, 4.69) is 0 Å². The van der Waals surface area contributed by atoms with E-state index in [1.54, 1.807) is 24.3 Å². The summed E-state index contributed by atoms with van der Waals surface area (Å²) in [6, 6.07) is 9.14. The first kappa shape index (κ1) is 14.2. The van der Waals surface area contributed by atoms with Crippen molar-refractivity contribution in [2.45, 2.75) is 12.5 Å². The molecule has 1 heterocycles. The Morgan fingerprint density at radius 3 is 2.33 bits per heavy atom. The zero-order valence-corrected chi connectivity index (χ0v) is 12.1. The molecule has 21 heavy (non-hydrogen) atoms. The van der Waals surface area contributed by atoms with E-state index >= 15 is 0 Å². The first-order valence-corrected chi connectivity index (χ1v) is 7.13. The monoisotopic (exact) mass is 307 g/mol. The average Bonchev–Trinajstić information content (AvgIpc) is 2.71. The van der Waals surface area contributed by atoms with Gasteiger partial charge in [0.05, 0.1) is 19.3 Å². The Balaban J connectivity index is 1.97. The summed E-state index contributed by atoms with van der Waals surface area (Å²) in [5.41, 5.74) is 7.75. The van der Waals surface area contributed by atoms with Crippen LogP contribution in [-0.4, -0.2) is 13.2 Å². The van der Waals surface area contributed by atoms with Gasteiger partial charge in [-0.2, -0.15) is 0 Å². The van der Waals surface area contributed by atoms with Crippen molar-refractivity contribution in [3.63, 3.8) is 0 Å². The van der Waals surface area contributed by atoms with Gasteiger partial charge in [0.15, 0.2) is 11.5 Å². The molecule has 1 aliphatic rings. The standard InChI is InChI=1S/C16H15ClFNO2/c17-13-9-15-14(20-6-1-7-21-15)8-12(13)16(19)10-2-4-11(18)5-3-10/h2-5,8-9,16H,1,6-7,19H2. The van der Waals surface area contributed by atoms with Gasteiger partial charge in [0.1, 0.15) is 5.82 Å². The molecule has 0 spiro atoms. The summed E-state index contributed by atoms with van der Waals surface area (Å²) >= 11 is 6.30. The Morgan fingerprint density at radius 2 is 1.67 bits per heavy atom. The Bertz CT molecular complexity index is 645. The van der Waals surface area contributed by atoms with Crippen molar-refractivity contribution in [2.24, 2.45) is 5.73 Å². The van der Waals surface area contributed by atoms with Crippen LogP contribution >= 0.6 is 11.6 Å². The SMILES string of the molecule is NC(c1ccc(F)cc1)c1cc2c(cc1Cl)OCCCO2. The van der Waals surface area contributed by atoms with Crippen molar-refractivity contribution in [1.82, 2.24) is 0 Å². The Labute approximate surface area is 127 Å². The normalized spacial score (nSPS) is 15.4. The molecule has 0 fully saturated rings. The molecule has 0 saturated carbocycles. The lowest BCUT2D eigenvalue weighted by atomic mass is 9.99. The minimum Gasteiger partial charge on any atom is -0.490 e. The van der Waals surface area contributed by atoms with Crippen LogP contribution in [0, 0.1) is 5.82 Å². The molecule has 5 heteroatoms. The number of hydrogen-bond acceptors (Lipinski definition) is 3.